The number of nitrogens with two attached hydrogens (primary N) is 1. The summed E-state index contributed by atoms with van der Waals surface area (Å²) in [6.07, 6.45) is -1.15. The van der Waals surface area contributed by atoms with Crippen LogP contribution < -0.4 is 5.73 Å². The Morgan fingerprint density at radius 2 is 1.50 bits per heavy atom. The van der Waals surface area contributed by atoms with Crippen LogP contribution >= 0.6 is 0 Å². The number of amides is 1. The zero-order chi connectivity index (χ0) is 19.9. The van der Waals surface area contributed by atoms with Crippen molar-refractivity contribution in [1.29, 1.82) is 0 Å². The van der Waals surface area contributed by atoms with E-state index in [1.54, 1.807) is 0 Å². The fraction of sp³-hybridized carbons (Fsp3) is 0.714. The van der Waals surface area contributed by atoms with Crippen LogP contribution in [0.15, 0.2) is 0 Å². The van der Waals surface area contributed by atoms with Crippen molar-refractivity contribution in [1.82, 2.24) is 14.7 Å². The molecule has 0 aromatic carbocycles. The summed E-state index contributed by atoms with van der Waals surface area (Å²) in [5, 5.41) is 36.8. The maximum Gasteiger partial charge on any atom is 0.407 e. The molecule has 0 aliphatic carbocycles. The lowest BCUT2D eigenvalue weighted by Gasteiger charge is -2.44. The molecule has 12 nitrogen and oxygen atoms in total. The van der Waals surface area contributed by atoms with E-state index in [2.05, 4.69) is 0 Å². The predicted octanol–water partition coefficient (Wildman–Crippen LogP) is -2.07. The first-order chi connectivity index (χ1) is 12.1. The van der Waals surface area contributed by atoms with Crippen LogP contribution in [0.4, 0.5) is 4.79 Å². The number of carboxylic acids is 3. The number of hydrogen-bond donors (Lipinski definition) is 5. The van der Waals surface area contributed by atoms with E-state index < -0.39 is 42.6 Å². The first-order valence-electron chi connectivity index (χ1n) is 7.90. The van der Waals surface area contributed by atoms with E-state index >= 15 is 0 Å². The lowest BCUT2D eigenvalue weighted by molar-refractivity contribution is -0.147. The zero-order valence-electron chi connectivity index (χ0n) is 14.2. The molecule has 1 amide bonds. The average Bonchev–Trinajstić information content (AvgIpc) is 2.66. The van der Waals surface area contributed by atoms with Crippen molar-refractivity contribution in [3.63, 3.8) is 0 Å². The third-order valence-electron chi connectivity index (χ3n) is 4.25. The fourth-order valence-electron chi connectivity index (χ4n) is 3.23. The highest BCUT2D eigenvalue weighted by molar-refractivity contribution is 5.73. The molecule has 0 saturated carbocycles. The van der Waals surface area contributed by atoms with Crippen LogP contribution in [0.25, 0.3) is 0 Å². The summed E-state index contributed by atoms with van der Waals surface area (Å²) in [5.41, 5.74) is 4.40. The van der Waals surface area contributed by atoms with Crippen LogP contribution in [0.5, 0.6) is 0 Å². The quantitative estimate of drug-likeness (QED) is 0.297. The topological polar surface area (TPSA) is 185 Å². The minimum Gasteiger partial charge on any atom is -0.480 e. The SMILES string of the molecule is NCCC1(N(CC(=O)O)CC(=O)O)CN(CC(=O)O)CCN(C(=O)O)C1. The number of carbonyl (C=O) groups is 4. The maximum atomic E-state index is 11.5. The smallest absolute Gasteiger partial charge is 0.407 e. The van der Waals surface area contributed by atoms with Gasteiger partial charge in [0.2, 0.25) is 0 Å². The van der Waals surface area contributed by atoms with Gasteiger partial charge in [-0.25, -0.2) is 4.79 Å². The van der Waals surface area contributed by atoms with Gasteiger partial charge in [-0.15, -0.1) is 0 Å². The van der Waals surface area contributed by atoms with E-state index in [0.717, 1.165) is 9.80 Å². The highest BCUT2D eigenvalue weighted by Gasteiger charge is 2.44. The monoisotopic (exact) mass is 376 g/mol. The minimum atomic E-state index is -1.28. The number of rotatable bonds is 9. The Balaban J connectivity index is 3.33. The Kier molecular flexibility index (Phi) is 7.74. The molecule has 0 radical (unpaired) electrons. The normalized spacial score (nSPS) is 21.4. The van der Waals surface area contributed by atoms with Crippen molar-refractivity contribution < 1.29 is 39.6 Å². The average molecular weight is 376 g/mol. The molecule has 1 aliphatic heterocycles. The molecule has 6 N–H and O–H groups in total. The summed E-state index contributed by atoms with van der Waals surface area (Å²) in [4.78, 5) is 48.7. The number of nitrogens with zero attached hydrogens (tertiary/aromatic N) is 3. The molecule has 1 heterocycles. The lowest BCUT2D eigenvalue weighted by Crippen LogP contribution is -2.62. The van der Waals surface area contributed by atoms with Crippen molar-refractivity contribution in [2.75, 3.05) is 52.4 Å². The summed E-state index contributed by atoms with van der Waals surface area (Å²) in [6, 6.07) is 0. The van der Waals surface area contributed by atoms with Gasteiger partial charge in [0.15, 0.2) is 0 Å². The summed E-state index contributed by atoms with van der Waals surface area (Å²) in [6.45, 7) is -1.65. The van der Waals surface area contributed by atoms with Crippen molar-refractivity contribution in [2.45, 2.75) is 12.0 Å². The van der Waals surface area contributed by atoms with Gasteiger partial charge >= 0.3 is 24.0 Å². The minimum absolute atomic E-state index is 0.0131. The first kappa shape index (κ1) is 21.6. The lowest BCUT2D eigenvalue weighted by atomic mass is 9.91. The second-order valence-corrected chi connectivity index (χ2v) is 6.22. The van der Waals surface area contributed by atoms with Gasteiger partial charge < -0.3 is 31.1 Å². The molecule has 0 aromatic rings. The van der Waals surface area contributed by atoms with Crippen LogP contribution in [0.3, 0.4) is 0 Å². The molecule has 1 rings (SSSR count). The standard InChI is InChI=1S/C14H24N4O8/c15-2-1-14(18(6-11(21)22)7-12(23)24)8-16(5-10(19)20)3-4-17(9-14)13(25)26/h1-9,15H2,(H,19,20)(H,21,22)(H,23,24)(H,25,26). The van der Waals surface area contributed by atoms with Gasteiger partial charge in [0.1, 0.15) is 0 Å². The predicted molar refractivity (Wildman–Crippen MR) is 86.9 cm³/mol. The Hall–Kier alpha value is -2.44. The Bertz CT molecular complexity index is 541. The molecular weight excluding hydrogens is 352 g/mol. The van der Waals surface area contributed by atoms with E-state index in [4.69, 9.17) is 21.1 Å². The molecule has 0 bridgehead atoms. The van der Waals surface area contributed by atoms with E-state index in [-0.39, 0.29) is 45.7 Å². The van der Waals surface area contributed by atoms with E-state index in [1.807, 2.05) is 0 Å². The van der Waals surface area contributed by atoms with Gasteiger partial charge in [0, 0.05) is 26.2 Å². The molecule has 1 unspecified atom stereocenters. The van der Waals surface area contributed by atoms with Gasteiger partial charge in [-0.2, -0.15) is 0 Å². The Morgan fingerprint density at radius 3 is 1.92 bits per heavy atom. The Labute approximate surface area is 149 Å². The molecule has 1 aliphatic rings. The molecule has 12 heteroatoms. The third kappa shape index (κ3) is 6.13. The Morgan fingerprint density at radius 1 is 0.923 bits per heavy atom. The van der Waals surface area contributed by atoms with Gasteiger partial charge in [-0.3, -0.25) is 24.2 Å². The van der Waals surface area contributed by atoms with E-state index in [0.29, 0.717) is 0 Å². The summed E-state index contributed by atoms with van der Waals surface area (Å²) in [5.74, 6) is -3.68. The molecule has 26 heavy (non-hydrogen) atoms. The maximum absolute atomic E-state index is 11.5. The number of hydrogen-bond acceptors (Lipinski definition) is 7. The fourth-order valence-corrected chi connectivity index (χ4v) is 3.23. The first-order valence-corrected chi connectivity index (χ1v) is 7.90. The summed E-state index contributed by atoms with van der Waals surface area (Å²) < 4.78 is 0. The molecule has 1 atom stereocenters. The second-order valence-electron chi connectivity index (χ2n) is 6.22. The van der Waals surface area contributed by atoms with Crippen LogP contribution in [0.1, 0.15) is 6.42 Å². The number of carboxylic acid groups (broad SMARTS) is 4. The van der Waals surface area contributed by atoms with E-state index in [9.17, 15) is 24.3 Å². The highest BCUT2D eigenvalue weighted by Crippen LogP contribution is 2.25. The van der Waals surface area contributed by atoms with Gasteiger partial charge in [0.25, 0.3) is 0 Å². The van der Waals surface area contributed by atoms with Crippen LogP contribution in [0.2, 0.25) is 0 Å². The third-order valence-corrected chi connectivity index (χ3v) is 4.25. The summed E-state index contributed by atoms with van der Waals surface area (Å²) >= 11 is 0. The molecule has 148 valence electrons. The van der Waals surface area contributed by atoms with Crippen LogP contribution in [-0.4, -0.2) is 117 Å². The van der Waals surface area contributed by atoms with Crippen molar-refractivity contribution in [3.8, 4) is 0 Å². The van der Waals surface area contributed by atoms with Crippen molar-refractivity contribution >= 4 is 24.0 Å². The molecule has 1 fully saturated rings. The largest absolute Gasteiger partial charge is 0.480 e. The van der Waals surface area contributed by atoms with E-state index in [1.165, 1.54) is 4.90 Å². The molecule has 0 spiro atoms. The van der Waals surface area contributed by atoms with Gasteiger partial charge in [0.05, 0.1) is 25.2 Å². The number of aliphatic carboxylic acids is 3. The van der Waals surface area contributed by atoms with Gasteiger partial charge in [-0.05, 0) is 13.0 Å². The molecule has 1 saturated heterocycles. The van der Waals surface area contributed by atoms with Gasteiger partial charge in [-0.1, -0.05) is 0 Å². The van der Waals surface area contributed by atoms with Crippen molar-refractivity contribution in [2.24, 2.45) is 5.73 Å². The van der Waals surface area contributed by atoms with Crippen LogP contribution in [-0.2, 0) is 14.4 Å². The molecule has 0 aromatic heterocycles. The van der Waals surface area contributed by atoms with Crippen molar-refractivity contribution in [3.05, 3.63) is 0 Å². The van der Waals surface area contributed by atoms with Crippen LogP contribution in [0, 0.1) is 0 Å². The highest BCUT2D eigenvalue weighted by atomic mass is 16.4. The molecular formula is C14H24N4O8. The zero-order valence-corrected chi connectivity index (χ0v) is 14.2. The summed E-state index contributed by atoms with van der Waals surface area (Å²) in [7, 11) is 0. The second kappa shape index (κ2) is 9.31.